The number of primary amides is 1. The minimum Gasteiger partial charge on any atom is -0.379 e. The van der Waals surface area contributed by atoms with Crippen molar-refractivity contribution >= 4 is 27.1 Å². The number of morpholine rings is 1. The Kier molecular flexibility index (Phi) is 7.15. The van der Waals surface area contributed by atoms with E-state index < -0.39 is 20.7 Å². The standard InChI is InChI=1S/C23H28N4O6S/c24-23(28)19-3-1-2-4-22(19)34(31,32)18-9-10-20(21(15-18)27(29)30)25-16-5-7-17(8-6-16)26-11-13-33-14-12-26/h1-4,9-10,15-17,25H,5-8,11-14H2,(H2,24,28). The lowest BCUT2D eigenvalue weighted by atomic mass is 9.89. The van der Waals surface area contributed by atoms with Gasteiger partial charge < -0.3 is 15.8 Å². The number of nitro groups is 1. The van der Waals surface area contributed by atoms with Crippen LogP contribution in [0.5, 0.6) is 0 Å². The molecule has 0 atom stereocenters. The van der Waals surface area contributed by atoms with Crippen LogP contribution in [0.15, 0.2) is 52.3 Å². The Bertz CT molecular complexity index is 1170. The molecule has 0 spiro atoms. The SMILES string of the molecule is NC(=O)c1ccccc1S(=O)(=O)c1ccc(NC2CCC(N3CCOCC3)CC2)c([N+](=O)[O-])c1. The van der Waals surface area contributed by atoms with E-state index in [1.54, 1.807) is 0 Å². The first-order valence-electron chi connectivity index (χ1n) is 11.3. The number of ether oxygens (including phenoxy) is 1. The third kappa shape index (κ3) is 5.06. The largest absolute Gasteiger partial charge is 0.379 e. The number of carbonyl (C=O) groups excluding carboxylic acids is 1. The predicted octanol–water partition coefficient (Wildman–Crippen LogP) is 2.58. The minimum absolute atomic E-state index is 0.0639. The molecule has 0 unspecified atom stereocenters. The molecule has 2 aliphatic rings. The number of nitro benzene ring substituents is 1. The zero-order chi connectivity index (χ0) is 24.3. The summed E-state index contributed by atoms with van der Waals surface area (Å²) >= 11 is 0. The van der Waals surface area contributed by atoms with Crippen LogP contribution in [0.2, 0.25) is 0 Å². The number of benzene rings is 2. The molecule has 1 aliphatic heterocycles. The normalized spacial score (nSPS) is 21.6. The van der Waals surface area contributed by atoms with E-state index in [1.165, 1.54) is 36.4 Å². The van der Waals surface area contributed by atoms with Crippen LogP contribution >= 0.6 is 0 Å². The number of sulfone groups is 1. The molecule has 2 aromatic carbocycles. The van der Waals surface area contributed by atoms with Gasteiger partial charge in [0.05, 0.1) is 33.5 Å². The van der Waals surface area contributed by atoms with E-state index in [4.69, 9.17) is 10.5 Å². The van der Waals surface area contributed by atoms with Gasteiger partial charge in [-0.15, -0.1) is 0 Å². The van der Waals surface area contributed by atoms with Crippen LogP contribution in [0.25, 0.3) is 0 Å². The minimum atomic E-state index is -4.19. The summed E-state index contributed by atoms with van der Waals surface area (Å²) in [5, 5.41) is 15.0. The van der Waals surface area contributed by atoms with Gasteiger partial charge in [-0.25, -0.2) is 8.42 Å². The third-order valence-electron chi connectivity index (χ3n) is 6.54. The summed E-state index contributed by atoms with van der Waals surface area (Å²) in [7, 11) is -4.19. The lowest BCUT2D eigenvalue weighted by Gasteiger charge is -2.39. The summed E-state index contributed by atoms with van der Waals surface area (Å²) in [6, 6.07) is 9.89. The van der Waals surface area contributed by atoms with E-state index in [1.807, 2.05) is 0 Å². The van der Waals surface area contributed by atoms with Crippen LogP contribution in [0, 0.1) is 10.1 Å². The molecule has 0 aromatic heterocycles. The Balaban J connectivity index is 1.53. The molecule has 1 heterocycles. The maximum absolute atomic E-state index is 13.2. The summed E-state index contributed by atoms with van der Waals surface area (Å²) in [6.07, 6.45) is 3.71. The van der Waals surface area contributed by atoms with Gasteiger partial charge in [-0.2, -0.15) is 0 Å². The first kappa shape index (κ1) is 24.1. The second kappa shape index (κ2) is 10.1. The number of hydrogen-bond donors (Lipinski definition) is 2. The molecule has 1 saturated carbocycles. The lowest BCUT2D eigenvalue weighted by molar-refractivity contribution is -0.384. The average Bonchev–Trinajstić information content (AvgIpc) is 2.85. The second-order valence-corrected chi connectivity index (χ2v) is 10.5. The molecule has 1 saturated heterocycles. The zero-order valence-electron chi connectivity index (χ0n) is 18.7. The molecule has 1 amide bonds. The third-order valence-corrected chi connectivity index (χ3v) is 8.35. The van der Waals surface area contributed by atoms with Gasteiger partial charge in [0.15, 0.2) is 0 Å². The lowest BCUT2D eigenvalue weighted by Crippen LogP contribution is -2.46. The van der Waals surface area contributed by atoms with Gasteiger partial charge in [-0.3, -0.25) is 19.8 Å². The second-order valence-electron chi connectivity index (χ2n) is 8.60. The molecule has 0 bridgehead atoms. The van der Waals surface area contributed by atoms with E-state index in [0.717, 1.165) is 58.1 Å². The molecule has 34 heavy (non-hydrogen) atoms. The molecule has 11 heteroatoms. The number of nitrogens with one attached hydrogen (secondary N) is 1. The average molecular weight is 489 g/mol. The Morgan fingerprint density at radius 3 is 2.41 bits per heavy atom. The number of hydrogen-bond acceptors (Lipinski definition) is 8. The maximum Gasteiger partial charge on any atom is 0.293 e. The Hall–Kier alpha value is -3.02. The summed E-state index contributed by atoms with van der Waals surface area (Å²) in [6.45, 7) is 3.37. The monoisotopic (exact) mass is 488 g/mol. The maximum atomic E-state index is 13.2. The van der Waals surface area contributed by atoms with Crippen LogP contribution in [0.1, 0.15) is 36.0 Å². The summed E-state index contributed by atoms with van der Waals surface area (Å²) in [5.41, 5.74) is 5.11. The number of nitrogens with two attached hydrogens (primary N) is 1. The van der Waals surface area contributed by atoms with Crippen LogP contribution in [-0.2, 0) is 14.6 Å². The van der Waals surface area contributed by atoms with Crippen molar-refractivity contribution in [2.75, 3.05) is 31.6 Å². The predicted molar refractivity (Wildman–Crippen MR) is 126 cm³/mol. The van der Waals surface area contributed by atoms with Gasteiger partial charge in [-0.1, -0.05) is 12.1 Å². The fourth-order valence-corrected chi connectivity index (χ4v) is 6.21. The number of amides is 1. The van der Waals surface area contributed by atoms with Crippen molar-refractivity contribution in [3.8, 4) is 0 Å². The van der Waals surface area contributed by atoms with Crippen molar-refractivity contribution in [1.29, 1.82) is 0 Å². The van der Waals surface area contributed by atoms with Gasteiger partial charge in [0, 0.05) is 31.2 Å². The van der Waals surface area contributed by atoms with E-state index in [2.05, 4.69) is 10.2 Å². The van der Waals surface area contributed by atoms with Crippen molar-refractivity contribution in [3.05, 3.63) is 58.1 Å². The first-order valence-corrected chi connectivity index (χ1v) is 12.8. The Morgan fingerprint density at radius 2 is 1.76 bits per heavy atom. The highest BCUT2D eigenvalue weighted by atomic mass is 32.2. The van der Waals surface area contributed by atoms with E-state index in [9.17, 15) is 23.3 Å². The highest BCUT2D eigenvalue weighted by molar-refractivity contribution is 7.91. The van der Waals surface area contributed by atoms with Gasteiger partial charge in [0.2, 0.25) is 15.7 Å². The fourth-order valence-electron chi connectivity index (χ4n) is 4.73. The molecule has 3 N–H and O–H groups in total. The summed E-state index contributed by atoms with van der Waals surface area (Å²) < 4.78 is 31.7. The van der Waals surface area contributed by atoms with Gasteiger partial charge in [0.1, 0.15) is 5.69 Å². The van der Waals surface area contributed by atoms with Crippen molar-refractivity contribution in [1.82, 2.24) is 4.90 Å². The number of carbonyl (C=O) groups is 1. The van der Waals surface area contributed by atoms with Crippen LogP contribution in [0.3, 0.4) is 0 Å². The highest BCUT2D eigenvalue weighted by Gasteiger charge is 2.30. The highest BCUT2D eigenvalue weighted by Crippen LogP contribution is 2.34. The molecule has 1 aliphatic carbocycles. The smallest absolute Gasteiger partial charge is 0.293 e. The van der Waals surface area contributed by atoms with Gasteiger partial charge in [0.25, 0.3) is 5.69 Å². The van der Waals surface area contributed by atoms with Gasteiger partial charge >= 0.3 is 0 Å². The summed E-state index contributed by atoms with van der Waals surface area (Å²) in [5.74, 6) is -0.889. The molecule has 10 nitrogen and oxygen atoms in total. The van der Waals surface area contributed by atoms with Crippen molar-refractivity contribution in [3.63, 3.8) is 0 Å². The number of rotatable bonds is 7. The van der Waals surface area contributed by atoms with E-state index in [0.29, 0.717) is 6.04 Å². The van der Waals surface area contributed by atoms with Crippen LogP contribution in [-0.4, -0.2) is 62.5 Å². The molecular weight excluding hydrogens is 460 g/mol. The Morgan fingerprint density at radius 1 is 1.09 bits per heavy atom. The summed E-state index contributed by atoms with van der Waals surface area (Å²) in [4.78, 5) is 24.8. The van der Waals surface area contributed by atoms with E-state index >= 15 is 0 Å². The zero-order valence-corrected chi connectivity index (χ0v) is 19.5. The Labute approximate surface area is 198 Å². The fraction of sp³-hybridized carbons (Fsp3) is 0.435. The molecule has 4 rings (SSSR count). The van der Waals surface area contributed by atoms with Crippen molar-refractivity contribution in [2.45, 2.75) is 47.6 Å². The topological polar surface area (TPSA) is 145 Å². The quantitative estimate of drug-likeness (QED) is 0.447. The number of anilines is 1. The van der Waals surface area contributed by atoms with Crippen LogP contribution < -0.4 is 11.1 Å². The molecule has 182 valence electrons. The molecule has 2 fully saturated rings. The molecule has 2 aromatic rings. The van der Waals surface area contributed by atoms with Gasteiger partial charge in [-0.05, 0) is 49.9 Å². The first-order chi connectivity index (χ1) is 16.3. The molecule has 0 radical (unpaired) electrons. The van der Waals surface area contributed by atoms with Crippen molar-refractivity contribution in [2.24, 2.45) is 5.73 Å². The van der Waals surface area contributed by atoms with E-state index in [-0.39, 0.29) is 32.8 Å². The molecular formula is C23H28N4O6S. The number of nitrogens with zero attached hydrogens (tertiary/aromatic N) is 2. The van der Waals surface area contributed by atoms with Crippen LogP contribution in [0.4, 0.5) is 11.4 Å². The van der Waals surface area contributed by atoms with Crippen molar-refractivity contribution < 1.29 is 22.9 Å².